The Labute approximate surface area is 242 Å². The highest BCUT2D eigenvalue weighted by molar-refractivity contribution is 6.06. The third-order valence-electron chi connectivity index (χ3n) is 7.97. The fourth-order valence-corrected chi connectivity index (χ4v) is 5.61. The standard InChI is InChI=1S/C33H40N4O4/c1-40-29-9-5-8-27(23-29)32(38)35-28-10-11-31(30(24-28)33(39)34-14-17-36-18-20-41-21-19-36)37-15-12-26(13-16-37)22-25-6-3-2-4-7-25/h2-11,23-24,26H,12-22H2,1H3,(H,34,39)(H,35,38). The minimum absolute atomic E-state index is 0.128. The molecule has 41 heavy (non-hydrogen) atoms. The lowest BCUT2D eigenvalue weighted by Gasteiger charge is -2.35. The summed E-state index contributed by atoms with van der Waals surface area (Å²) in [5, 5.41) is 6.08. The van der Waals surface area contributed by atoms with Crippen LogP contribution in [0, 0.1) is 5.92 Å². The monoisotopic (exact) mass is 556 g/mol. The summed E-state index contributed by atoms with van der Waals surface area (Å²) in [5.74, 6) is 0.860. The van der Waals surface area contributed by atoms with Crippen LogP contribution < -0.4 is 20.3 Å². The number of amides is 2. The summed E-state index contributed by atoms with van der Waals surface area (Å²) in [6.45, 7) is 6.33. The lowest BCUT2D eigenvalue weighted by atomic mass is 9.89. The molecule has 0 saturated carbocycles. The van der Waals surface area contributed by atoms with Crippen molar-refractivity contribution in [3.63, 3.8) is 0 Å². The molecule has 2 N–H and O–H groups in total. The summed E-state index contributed by atoms with van der Waals surface area (Å²) in [6.07, 6.45) is 3.22. The van der Waals surface area contributed by atoms with E-state index in [0.717, 1.165) is 70.9 Å². The van der Waals surface area contributed by atoms with Crippen LogP contribution in [0.25, 0.3) is 0 Å². The maximum atomic E-state index is 13.5. The molecule has 2 amide bonds. The maximum Gasteiger partial charge on any atom is 0.255 e. The van der Waals surface area contributed by atoms with Crippen LogP contribution in [0.3, 0.4) is 0 Å². The predicted molar refractivity (Wildman–Crippen MR) is 162 cm³/mol. The number of hydrogen-bond acceptors (Lipinski definition) is 6. The van der Waals surface area contributed by atoms with Crippen molar-refractivity contribution in [1.29, 1.82) is 0 Å². The van der Waals surface area contributed by atoms with Crippen molar-refractivity contribution < 1.29 is 19.1 Å². The summed E-state index contributed by atoms with van der Waals surface area (Å²) in [6, 6.07) is 23.3. The highest BCUT2D eigenvalue weighted by Gasteiger charge is 2.24. The van der Waals surface area contributed by atoms with Crippen molar-refractivity contribution in [3.05, 3.63) is 89.5 Å². The van der Waals surface area contributed by atoms with Crippen molar-refractivity contribution in [2.45, 2.75) is 19.3 Å². The molecule has 0 aliphatic carbocycles. The molecule has 2 aliphatic rings. The van der Waals surface area contributed by atoms with Gasteiger partial charge in [0.25, 0.3) is 11.8 Å². The van der Waals surface area contributed by atoms with Gasteiger partial charge >= 0.3 is 0 Å². The van der Waals surface area contributed by atoms with Crippen LogP contribution in [0.5, 0.6) is 5.75 Å². The van der Waals surface area contributed by atoms with E-state index in [4.69, 9.17) is 9.47 Å². The van der Waals surface area contributed by atoms with Gasteiger partial charge in [0.2, 0.25) is 0 Å². The Kier molecular flexibility index (Phi) is 9.88. The molecular weight excluding hydrogens is 516 g/mol. The van der Waals surface area contributed by atoms with Crippen molar-refractivity contribution >= 4 is 23.2 Å². The number of piperidine rings is 1. The Morgan fingerprint density at radius 1 is 0.902 bits per heavy atom. The molecule has 0 radical (unpaired) electrons. The average molecular weight is 557 g/mol. The lowest BCUT2D eigenvalue weighted by molar-refractivity contribution is 0.0383. The molecule has 0 aromatic heterocycles. The third kappa shape index (κ3) is 7.86. The molecule has 0 atom stereocenters. The molecule has 216 valence electrons. The Bertz CT molecular complexity index is 1300. The third-order valence-corrected chi connectivity index (χ3v) is 7.97. The van der Waals surface area contributed by atoms with Crippen molar-refractivity contribution in [2.24, 2.45) is 5.92 Å². The van der Waals surface area contributed by atoms with Gasteiger partial charge in [0.15, 0.2) is 0 Å². The molecular formula is C33H40N4O4. The fourth-order valence-electron chi connectivity index (χ4n) is 5.61. The molecule has 0 unspecified atom stereocenters. The number of carbonyl (C=O) groups excluding carboxylic acids is 2. The van der Waals surface area contributed by atoms with E-state index in [9.17, 15) is 9.59 Å². The van der Waals surface area contributed by atoms with Gasteiger partial charge in [-0.2, -0.15) is 0 Å². The van der Waals surface area contributed by atoms with Gasteiger partial charge in [0.1, 0.15) is 5.75 Å². The fraction of sp³-hybridized carbons (Fsp3) is 0.394. The van der Waals surface area contributed by atoms with Gasteiger partial charge in [-0.25, -0.2) is 0 Å². The zero-order chi connectivity index (χ0) is 28.4. The van der Waals surface area contributed by atoms with Crippen LogP contribution >= 0.6 is 0 Å². The number of nitrogens with zero attached hydrogens (tertiary/aromatic N) is 2. The molecule has 2 heterocycles. The summed E-state index contributed by atoms with van der Waals surface area (Å²) in [4.78, 5) is 31.1. The van der Waals surface area contributed by atoms with Gasteiger partial charge in [0, 0.05) is 56.2 Å². The second-order valence-corrected chi connectivity index (χ2v) is 10.7. The number of rotatable bonds is 10. The molecule has 8 nitrogen and oxygen atoms in total. The number of carbonyl (C=O) groups is 2. The van der Waals surface area contributed by atoms with Crippen molar-refractivity contribution in [1.82, 2.24) is 10.2 Å². The quantitative estimate of drug-likeness (QED) is 0.384. The number of methoxy groups -OCH3 is 1. The summed E-state index contributed by atoms with van der Waals surface area (Å²) in [7, 11) is 1.57. The summed E-state index contributed by atoms with van der Waals surface area (Å²) in [5.41, 5.74) is 3.94. The van der Waals surface area contributed by atoms with Crippen LogP contribution in [0.2, 0.25) is 0 Å². The molecule has 3 aromatic rings. The number of ether oxygens (including phenoxy) is 2. The van der Waals surface area contributed by atoms with Gasteiger partial charge in [-0.1, -0.05) is 36.4 Å². The van der Waals surface area contributed by atoms with E-state index in [0.29, 0.717) is 35.0 Å². The van der Waals surface area contributed by atoms with Gasteiger partial charge in [-0.3, -0.25) is 14.5 Å². The van der Waals surface area contributed by atoms with E-state index in [-0.39, 0.29) is 11.8 Å². The average Bonchev–Trinajstić information content (AvgIpc) is 3.02. The van der Waals surface area contributed by atoms with E-state index in [1.54, 1.807) is 37.4 Å². The molecule has 2 fully saturated rings. The van der Waals surface area contributed by atoms with Gasteiger partial charge in [-0.15, -0.1) is 0 Å². The first kappa shape index (κ1) is 28.6. The van der Waals surface area contributed by atoms with E-state index >= 15 is 0 Å². The second kappa shape index (κ2) is 14.1. The number of hydrogen-bond donors (Lipinski definition) is 2. The van der Waals surface area contributed by atoms with Crippen LogP contribution in [0.4, 0.5) is 11.4 Å². The minimum atomic E-state index is -0.253. The minimum Gasteiger partial charge on any atom is -0.497 e. The zero-order valence-corrected chi connectivity index (χ0v) is 23.8. The smallest absolute Gasteiger partial charge is 0.255 e. The number of anilines is 2. The first-order valence-electron chi connectivity index (χ1n) is 14.6. The van der Waals surface area contributed by atoms with E-state index in [1.807, 2.05) is 12.1 Å². The molecule has 2 aliphatic heterocycles. The Hall–Kier alpha value is -3.88. The van der Waals surface area contributed by atoms with Crippen LogP contribution in [-0.4, -0.2) is 76.3 Å². The second-order valence-electron chi connectivity index (χ2n) is 10.7. The Balaban J connectivity index is 1.28. The normalized spacial score (nSPS) is 16.3. The van der Waals surface area contributed by atoms with Crippen LogP contribution in [0.15, 0.2) is 72.8 Å². The van der Waals surface area contributed by atoms with E-state index < -0.39 is 0 Å². The van der Waals surface area contributed by atoms with Gasteiger partial charge < -0.3 is 25.0 Å². The molecule has 0 spiro atoms. The SMILES string of the molecule is COc1cccc(C(=O)Nc2ccc(N3CCC(Cc4ccccc4)CC3)c(C(=O)NCCN3CCOCC3)c2)c1. The zero-order valence-electron chi connectivity index (χ0n) is 23.8. The molecule has 3 aromatic carbocycles. The highest BCUT2D eigenvalue weighted by atomic mass is 16.5. The maximum absolute atomic E-state index is 13.5. The number of benzene rings is 3. The molecule has 5 rings (SSSR count). The first-order chi connectivity index (χ1) is 20.1. The highest BCUT2D eigenvalue weighted by Crippen LogP contribution is 2.30. The Morgan fingerprint density at radius 3 is 2.44 bits per heavy atom. The summed E-state index contributed by atoms with van der Waals surface area (Å²) < 4.78 is 10.7. The van der Waals surface area contributed by atoms with Gasteiger partial charge in [-0.05, 0) is 67.1 Å². The van der Waals surface area contributed by atoms with Crippen molar-refractivity contribution in [3.8, 4) is 5.75 Å². The first-order valence-corrected chi connectivity index (χ1v) is 14.6. The molecule has 8 heteroatoms. The topological polar surface area (TPSA) is 83.1 Å². The van der Waals surface area contributed by atoms with Crippen LogP contribution in [0.1, 0.15) is 39.1 Å². The number of morpholine rings is 1. The van der Waals surface area contributed by atoms with Gasteiger partial charge in [0.05, 0.1) is 25.9 Å². The largest absolute Gasteiger partial charge is 0.497 e. The molecule has 0 bridgehead atoms. The molecule has 2 saturated heterocycles. The van der Waals surface area contributed by atoms with E-state index in [2.05, 4.69) is 50.8 Å². The van der Waals surface area contributed by atoms with E-state index in [1.165, 1.54) is 5.56 Å². The predicted octanol–water partition coefficient (Wildman–Crippen LogP) is 4.47. The number of nitrogens with one attached hydrogen (secondary N) is 2. The van der Waals surface area contributed by atoms with Crippen LogP contribution in [-0.2, 0) is 11.2 Å². The lowest BCUT2D eigenvalue weighted by Crippen LogP contribution is -2.41. The van der Waals surface area contributed by atoms with Crippen molar-refractivity contribution in [2.75, 3.05) is 69.8 Å². The summed E-state index contributed by atoms with van der Waals surface area (Å²) >= 11 is 0. The Morgan fingerprint density at radius 2 is 1.68 bits per heavy atom.